The monoisotopic (exact) mass is 286 g/mol. The van der Waals surface area contributed by atoms with Gasteiger partial charge in [0.15, 0.2) is 0 Å². The van der Waals surface area contributed by atoms with E-state index in [4.69, 9.17) is 16.1 Å². The topological polar surface area (TPSA) is 59.2 Å². The van der Waals surface area contributed by atoms with E-state index in [0.29, 0.717) is 23.2 Å². The van der Waals surface area contributed by atoms with E-state index in [1.54, 1.807) is 24.3 Å². The Morgan fingerprint density at radius 2 is 1.70 bits per heavy atom. The first-order chi connectivity index (χ1) is 9.70. The third-order valence-electron chi connectivity index (χ3n) is 2.86. The van der Waals surface area contributed by atoms with Gasteiger partial charge in [-0.15, -0.1) is 0 Å². The van der Waals surface area contributed by atoms with Crippen LogP contribution in [0.15, 0.2) is 53.1 Å². The molecule has 0 unspecified atom stereocenters. The molecule has 100 valence electrons. The summed E-state index contributed by atoms with van der Waals surface area (Å²) in [6, 6.07) is 14.2. The van der Waals surface area contributed by atoms with Crippen LogP contribution >= 0.6 is 11.6 Å². The molecule has 3 aromatic rings. The average molecular weight is 287 g/mol. The van der Waals surface area contributed by atoms with Gasteiger partial charge < -0.3 is 9.63 Å². The van der Waals surface area contributed by atoms with Crippen LogP contribution in [0.1, 0.15) is 11.5 Å². The molecule has 0 aliphatic heterocycles. The second-order valence-electron chi connectivity index (χ2n) is 4.36. The lowest BCUT2D eigenvalue weighted by Gasteiger charge is -1.96. The standard InChI is InChI=1S/C15H11ClN2O2/c16-12-5-3-11(4-6-12)15-17-14(20-18-15)9-10-1-7-13(19)8-2-10/h1-8,19H,9H2. The first-order valence-electron chi connectivity index (χ1n) is 6.07. The molecule has 4 nitrogen and oxygen atoms in total. The minimum atomic E-state index is 0.237. The van der Waals surface area contributed by atoms with Crippen molar-refractivity contribution in [2.75, 3.05) is 0 Å². The van der Waals surface area contributed by atoms with Crippen molar-refractivity contribution in [3.63, 3.8) is 0 Å². The molecule has 0 spiro atoms. The highest BCUT2D eigenvalue weighted by atomic mass is 35.5. The van der Waals surface area contributed by atoms with E-state index in [2.05, 4.69) is 10.1 Å². The average Bonchev–Trinajstić information content (AvgIpc) is 2.91. The summed E-state index contributed by atoms with van der Waals surface area (Å²) in [7, 11) is 0. The highest BCUT2D eigenvalue weighted by Crippen LogP contribution is 2.20. The Labute approximate surface area is 120 Å². The summed E-state index contributed by atoms with van der Waals surface area (Å²) >= 11 is 5.84. The number of aromatic nitrogens is 2. The molecule has 0 aliphatic carbocycles. The maximum absolute atomic E-state index is 9.24. The molecule has 0 radical (unpaired) electrons. The fraction of sp³-hybridized carbons (Fsp3) is 0.0667. The third-order valence-corrected chi connectivity index (χ3v) is 3.11. The Kier molecular flexibility index (Phi) is 3.39. The molecule has 0 amide bonds. The Morgan fingerprint density at radius 1 is 1.00 bits per heavy atom. The smallest absolute Gasteiger partial charge is 0.231 e. The van der Waals surface area contributed by atoms with Gasteiger partial charge in [-0.25, -0.2) is 0 Å². The van der Waals surface area contributed by atoms with Crippen LogP contribution in [-0.4, -0.2) is 15.2 Å². The molecule has 0 bridgehead atoms. The number of phenols is 1. The molecule has 2 aromatic carbocycles. The second-order valence-corrected chi connectivity index (χ2v) is 4.80. The molecule has 20 heavy (non-hydrogen) atoms. The van der Waals surface area contributed by atoms with Crippen molar-refractivity contribution in [3.05, 3.63) is 65.0 Å². The van der Waals surface area contributed by atoms with Gasteiger partial charge in [0.05, 0.1) is 6.42 Å². The van der Waals surface area contributed by atoms with Crippen LogP contribution in [0, 0.1) is 0 Å². The normalized spacial score (nSPS) is 10.7. The van der Waals surface area contributed by atoms with Crippen molar-refractivity contribution in [2.45, 2.75) is 6.42 Å². The van der Waals surface area contributed by atoms with Crippen molar-refractivity contribution >= 4 is 11.6 Å². The van der Waals surface area contributed by atoms with Crippen molar-refractivity contribution in [3.8, 4) is 17.1 Å². The number of halogens is 1. The highest BCUT2D eigenvalue weighted by molar-refractivity contribution is 6.30. The maximum atomic E-state index is 9.24. The zero-order valence-electron chi connectivity index (χ0n) is 10.5. The molecule has 0 saturated heterocycles. The molecule has 0 aliphatic rings. The quantitative estimate of drug-likeness (QED) is 0.798. The molecule has 1 heterocycles. The van der Waals surface area contributed by atoms with E-state index in [9.17, 15) is 5.11 Å². The number of rotatable bonds is 3. The molecule has 0 saturated carbocycles. The van der Waals surface area contributed by atoms with Gasteiger partial charge in [0, 0.05) is 10.6 Å². The fourth-order valence-corrected chi connectivity index (χ4v) is 1.96. The predicted octanol–water partition coefficient (Wildman–Crippen LogP) is 3.69. The van der Waals surface area contributed by atoms with Crippen LogP contribution in [-0.2, 0) is 6.42 Å². The summed E-state index contributed by atoms with van der Waals surface area (Å²) < 4.78 is 5.23. The van der Waals surface area contributed by atoms with Gasteiger partial charge in [-0.1, -0.05) is 28.9 Å². The van der Waals surface area contributed by atoms with Gasteiger partial charge in [-0.3, -0.25) is 0 Å². The van der Waals surface area contributed by atoms with E-state index in [-0.39, 0.29) is 5.75 Å². The third kappa shape index (κ3) is 2.81. The molecular formula is C15H11ClN2O2. The Bertz CT molecular complexity index is 705. The first-order valence-corrected chi connectivity index (χ1v) is 6.45. The number of hydrogen-bond acceptors (Lipinski definition) is 4. The van der Waals surface area contributed by atoms with Gasteiger partial charge >= 0.3 is 0 Å². The molecular weight excluding hydrogens is 276 g/mol. The maximum Gasteiger partial charge on any atom is 0.231 e. The lowest BCUT2D eigenvalue weighted by atomic mass is 10.1. The lowest BCUT2D eigenvalue weighted by Crippen LogP contribution is -1.88. The molecule has 0 fully saturated rings. The summed E-state index contributed by atoms with van der Waals surface area (Å²) in [5.74, 6) is 1.30. The van der Waals surface area contributed by atoms with Gasteiger partial charge in [0.1, 0.15) is 5.75 Å². The van der Waals surface area contributed by atoms with Crippen molar-refractivity contribution < 1.29 is 9.63 Å². The van der Waals surface area contributed by atoms with Crippen LogP contribution in [0.25, 0.3) is 11.4 Å². The van der Waals surface area contributed by atoms with E-state index >= 15 is 0 Å². The Morgan fingerprint density at radius 3 is 2.40 bits per heavy atom. The van der Waals surface area contributed by atoms with Crippen LogP contribution < -0.4 is 0 Å². The number of phenolic OH excluding ortho intramolecular Hbond substituents is 1. The molecule has 0 atom stereocenters. The van der Waals surface area contributed by atoms with Crippen LogP contribution in [0.3, 0.4) is 0 Å². The second kappa shape index (κ2) is 5.35. The van der Waals surface area contributed by atoms with Crippen LogP contribution in [0.5, 0.6) is 5.75 Å². The van der Waals surface area contributed by atoms with Crippen molar-refractivity contribution in [1.29, 1.82) is 0 Å². The summed E-state index contributed by atoms with van der Waals surface area (Å²) in [6.45, 7) is 0. The van der Waals surface area contributed by atoms with E-state index < -0.39 is 0 Å². The summed E-state index contributed by atoms with van der Waals surface area (Å²) in [5, 5.41) is 13.9. The number of aromatic hydroxyl groups is 1. The summed E-state index contributed by atoms with van der Waals surface area (Å²) in [6.07, 6.45) is 0.529. The first kappa shape index (κ1) is 12.7. The van der Waals surface area contributed by atoms with E-state index in [1.807, 2.05) is 24.3 Å². The molecule has 1 aromatic heterocycles. The minimum absolute atomic E-state index is 0.237. The van der Waals surface area contributed by atoms with Gasteiger partial charge in [0.25, 0.3) is 0 Å². The van der Waals surface area contributed by atoms with E-state index in [1.165, 1.54) is 0 Å². The predicted molar refractivity (Wildman–Crippen MR) is 75.7 cm³/mol. The van der Waals surface area contributed by atoms with Crippen LogP contribution in [0.2, 0.25) is 5.02 Å². The highest BCUT2D eigenvalue weighted by Gasteiger charge is 2.09. The van der Waals surface area contributed by atoms with Gasteiger partial charge in [-0.2, -0.15) is 4.98 Å². The van der Waals surface area contributed by atoms with Crippen molar-refractivity contribution in [1.82, 2.24) is 10.1 Å². The molecule has 1 N–H and O–H groups in total. The number of nitrogens with zero attached hydrogens (tertiary/aromatic N) is 2. The summed E-state index contributed by atoms with van der Waals surface area (Å²) in [4.78, 5) is 4.34. The van der Waals surface area contributed by atoms with E-state index in [0.717, 1.165) is 11.1 Å². The lowest BCUT2D eigenvalue weighted by molar-refractivity contribution is 0.385. The Balaban J connectivity index is 1.80. The number of benzene rings is 2. The van der Waals surface area contributed by atoms with Gasteiger partial charge in [-0.05, 0) is 42.0 Å². The van der Waals surface area contributed by atoms with Crippen LogP contribution in [0.4, 0.5) is 0 Å². The van der Waals surface area contributed by atoms with Crippen molar-refractivity contribution in [2.24, 2.45) is 0 Å². The van der Waals surface area contributed by atoms with Gasteiger partial charge in [0.2, 0.25) is 11.7 Å². The largest absolute Gasteiger partial charge is 0.508 e. The number of hydrogen-bond donors (Lipinski definition) is 1. The summed E-state index contributed by atoms with van der Waals surface area (Å²) in [5.41, 5.74) is 1.85. The Hall–Kier alpha value is -2.33. The zero-order valence-corrected chi connectivity index (χ0v) is 11.2. The molecule has 5 heteroatoms. The zero-order chi connectivity index (χ0) is 13.9. The SMILES string of the molecule is Oc1ccc(Cc2nc(-c3ccc(Cl)cc3)no2)cc1. The fourth-order valence-electron chi connectivity index (χ4n) is 1.83. The molecule has 3 rings (SSSR count). The minimum Gasteiger partial charge on any atom is -0.508 e.